The van der Waals surface area contributed by atoms with Gasteiger partial charge in [-0.3, -0.25) is 0 Å². The van der Waals surface area contributed by atoms with Crippen molar-refractivity contribution >= 4 is 0 Å². The van der Waals surface area contributed by atoms with Crippen molar-refractivity contribution in [2.24, 2.45) is 0 Å². The van der Waals surface area contributed by atoms with Gasteiger partial charge < -0.3 is 19.2 Å². The lowest BCUT2D eigenvalue weighted by Crippen LogP contribution is -2.26. The van der Waals surface area contributed by atoms with E-state index in [2.05, 4.69) is 18.3 Å². The van der Waals surface area contributed by atoms with Gasteiger partial charge in [-0.25, -0.2) is 0 Å². The molecule has 1 N–H and O–H groups in total. The lowest BCUT2D eigenvalue weighted by Gasteiger charge is -2.19. The average molecular weight is 269 g/mol. The summed E-state index contributed by atoms with van der Waals surface area (Å²) in [7, 11) is 0. The summed E-state index contributed by atoms with van der Waals surface area (Å²) < 4.78 is 16.6. The van der Waals surface area contributed by atoms with Gasteiger partial charge in [-0.05, 0) is 40.7 Å². The smallest absolute Gasteiger partial charge is 0.158 e. The zero-order valence-corrected chi connectivity index (χ0v) is 12.8. The van der Waals surface area contributed by atoms with Gasteiger partial charge in [0.05, 0.1) is 0 Å². The first kappa shape index (κ1) is 16.2. The van der Waals surface area contributed by atoms with E-state index in [9.17, 15) is 0 Å². The van der Waals surface area contributed by atoms with Gasteiger partial charge in [-0.15, -0.1) is 0 Å². The Morgan fingerprint density at radius 1 is 1.21 bits per heavy atom. The van der Waals surface area contributed by atoms with Gasteiger partial charge in [0.2, 0.25) is 0 Å². The van der Waals surface area contributed by atoms with Gasteiger partial charge >= 0.3 is 0 Å². The molecule has 4 heteroatoms. The fourth-order valence-corrected chi connectivity index (χ4v) is 2.19. The molecule has 1 heterocycles. The van der Waals surface area contributed by atoms with Crippen LogP contribution < -0.4 is 5.32 Å². The van der Waals surface area contributed by atoms with Crippen LogP contribution in [0.15, 0.2) is 10.5 Å². The quantitative estimate of drug-likeness (QED) is 0.698. The maximum Gasteiger partial charge on any atom is 0.158 e. The van der Waals surface area contributed by atoms with Gasteiger partial charge in [0, 0.05) is 37.8 Å². The average Bonchev–Trinajstić information content (AvgIpc) is 2.69. The summed E-state index contributed by atoms with van der Waals surface area (Å²) in [6.07, 6.45) is 0.740. The third kappa shape index (κ3) is 5.35. The topological polar surface area (TPSA) is 43.6 Å². The Morgan fingerprint density at radius 3 is 2.32 bits per heavy atom. The third-order valence-electron chi connectivity index (χ3n) is 3.08. The zero-order valence-electron chi connectivity index (χ0n) is 12.8. The number of hydrogen-bond donors (Lipinski definition) is 1. The molecule has 0 amide bonds. The zero-order chi connectivity index (χ0) is 14.3. The molecular formula is C15H27NO3. The molecule has 19 heavy (non-hydrogen) atoms. The van der Waals surface area contributed by atoms with E-state index in [0.717, 1.165) is 24.5 Å². The maximum absolute atomic E-state index is 5.55. The number of ether oxygens (including phenoxy) is 2. The van der Waals surface area contributed by atoms with Crippen LogP contribution in [0.5, 0.6) is 0 Å². The van der Waals surface area contributed by atoms with Crippen LogP contribution in [0.25, 0.3) is 0 Å². The van der Waals surface area contributed by atoms with Crippen LogP contribution in [0.3, 0.4) is 0 Å². The molecule has 110 valence electrons. The highest BCUT2D eigenvalue weighted by molar-refractivity contribution is 5.23. The number of nitrogens with one attached hydrogen (secondary N) is 1. The Kier molecular flexibility index (Phi) is 7.13. The predicted octanol–water partition coefficient (Wildman–Crippen LogP) is 3.34. The molecule has 0 saturated carbocycles. The van der Waals surface area contributed by atoms with Crippen LogP contribution in [0.1, 0.15) is 50.3 Å². The van der Waals surface area contributed by atoms with Crippen LogP contribution in [0, 0.1) is 13.8 Å². The molecule has 1 atom stereocenters. The van der Waals surface area contributed by atoms with E-state index in [4.69, 9.17) is 13.9 Å². The third-order valence-corrected chi connectivity index (χ3v) is 3.08. The Morgan fingerprint density at radius 2 is 1.84 bits per heavy atom. The van der Waals surface area contributed by atoms with Crippen LogP contribution in [0.4, 0.5) is 0 Å². The minimum absolute atomic E-state index is 0.109. The predicted molar refractivity (Wildman–Crippen MR) is 76.3 cm³/mol. The molecule has 0 aliphatic rings. The molecule has 0 aliphatic carbocycles. The molecule has 1 rings (SSSR count). The van der Waals surface area contributed by atoms with Crippen molar-refractivity contribution in [2.75, 3.05) is 19.8 Å². The fraction of sp³-hybridized carbons (Fsp3) is 0.733. The first-order valence-corrected chi connectivity index (χ1v) is 7.12. The minimum Gasteiger partial charge on any atom is -0.466 e. The standard InChI is InChI=1S/C15H27NO3/c1-6-17-15(18-7-2)8-9-16-12(4)14-10-11(3)19-13(14)5/h10,12,15-16H,6-9H2,1-5H3. The molecule has 0 bridgehead atoms. The van der Waals surface area contributed by atoms with E-state index in [0.29, 0.717) is 13.2 Å². The molecule has 1 aromatic rings. The van der Waals surface area contributed by atoms with Gasteiger partial charge in [-0.1, -0.05) is 0 Å². The normalized spacial score (nSPS) is 13.2. The SMILES string of the molecule is CCOC(CCNC(C)c1cc(C)oc1C)OCC. The van der Waals surface area contributed by atoms with E-state index < -0.39 is 0 Å². The molecular weight excluding hydrogens is 242 g/mol. The lowest BCUT2D eigenvalue weighted by molar-refractivity contribution is -0.138. The highest BCUT2D eigenvalue weighted by Crippen LogP contribution is 2.21. The largest absolute Gasteiger partial charge is 0.466 e. The van der Waals surface area contributed by atoms with Gasteiger partial charge in [0.1, 0.15) is 11.5 Å². The van der Waals surface area contributed by atoms with Crippen LogP contribution in [-0.2, 0) is 9.47 Å². The first-order valence-electron chi connectivity index (χ1n) is 7.12. The highest BCUT2D eigenvalue weighted by atomic mass is 16.7. The number of hydrogen-bond acceptors (Lipinski definition) is 4. The van der Waals surface area contributed by atoms with E-state index in [-0.39, 0.29) is 12.3 Å². The van der Waals surface area contributed by atoms with E-state index in [1.54, 1.807) is 0 Å². The molecule has 0 aromatic carbocycles. The second-order valence-corrected chi connectivity index (χ2v) is 4.67. The molecule has 0 radical (unpaired) electrons. The summed E-state index contributed by atoms with van der Waals surface area (Å²) >= 11 is 0. The first-order chi connectivity index (χ1) is 9.08. The molecule has 0 aliphatic heterocycles. The Hall–Kier alpha value is -0.840. The second-order valence-electron chi connectivity index (χ2n) is 4.67. The number of rotatable bonds is 9. The van der Waals surface area contributed by atoms with Crippen molar-refractivity contribution in [2.45, 2.75) is 53.4 Å². The summed E-state index contributed by atoms with van der Waals surface area (Å²) in [5.74, 6) is 1.95. The molecule has 4 nitrogen and oxygen atoms in total. The van der Waals surface area contributed by atoms with Crippen LogP contribution >= 0.6 is 0 Å². The molecule has 0 saturated heterocycles. The monoisotopic (exact) mass is 269 g/mol. The molecule has 0 spiro atoms. The van der Waals surface area contributed by atoms with Crippen LogP contribution in [0.2, 0.25) is 0 Å². The van der Waals surface area contributed by atoms with Crippen molar-refractivity contribution in [3.8, 4) is 0 Å². The highest BCUT2D eigenvalue weighted by Gasteiger charge is 2.13. The van der Waals surface area contributed by atoms with Gasteiger partial charge in [0.25, 0.3) is 0 Å². The lowest BCUT2D eigenvalue weighted by atomic mass is 10.1. The van der Waals surface area contributed by atoms with E-state index in [1.165, 1.54) is 5.56 Å². The summed E-state index contributed by atoms with van der Waals surface area (Å²) in [5, 5.41) is 3.48. The van der Waals surface area contributed by atoms with Crippen molar-refractivity contribution in [3.63, 3.8) is 0 Å². The van der Waals surface area contributed by atoms with E-state index in [1.807, 2.05) is 27.7 Å². The Balaban J connectivity index is 2.37. The van der Waals surface area contributed by atoms with Crippen molar-refractivity contribution in [1.82, 2.24) is 5.32 Å². The van der Waals surface area contributed by atoms with Crippen molar-refractivity contribution in [3.05, 3.63) is 23.2 Å². The summed E-state index contributed by atoms with van der Waals surface area (Å²) in [5.41, 5.74) is 1.22. The maximum atomic E-state index is 5.55. The number of aryl methyl sites for hydroxylation is 2. The number of furan rings is 1. The van der Waals surface area contributed by atoms with Crippen LogP contribution in [-0.4, -0.2) is 26.0 Å². The van der Waals surface area contributed by atoms with Gasteiger partial charge in [0.15, 0.2) is 6.29 Å². The summed E-state index contributed by atoms with van der Waals surface area (Å²) in [6.45, 7) is 12.3. The summed E-state index contributed by atoms with van der Waals surface area (Å²) in [6, 6.07) is 2.37. The Labute approximate surface area is 116 Å². The van der Waals surface area contributed by atoms with Crippen molar-refractivity contribution < 1.29 is 13.9 Å². The minimum atomic E-state index is -0.109. The summed E-state index contributed by atoms with van der Waals surface area (Å²) in [4.78, 5) is 0. The molecule has 1 aromatic heterocycles. The Bertz CT molecular complexity index is 356. The fourth-order valence-electron chi connectivity index (χ4n) is 2.19. The second kappa shape index (κ2) is 8.35. The molecule has 1 unspecified atom stereocenters. The van der Waals surface area contributed by atoms with Crippen molar-refractivity contribution in [1.29, 1.82) is 0 Å². The molecule has 0 fully saturated rings. The van der Waals surface area contributed by atoms with Gasteiger partial charge in [-0.2, -0.15) is 0 Å². The van der Waals surface area contributed by atoms with E-state index >= 15 is 0 Å².